The molecule has 0 saturated carbocycles. The van der Waals surface area contributed by atoms with Crippen molar-refractivity contribution in [2.24, 2.45) is 7.05 Å². The molecule has 1 N–H and O–H groups in total. The fourth-order valence-corrected chi connectivity index (χ4v) is 5.21. The summed E-state index contributed by atoms with van der Waals surface area (Å²) in [4.78, 5) is 40.5. The van der Waals surface area contributed by atoms with E-state index in [2.05, 4.69) is 0 Å². The third-order valence-corrected chi connectivity index (χ3v) is 7.08. The number of thiocarbonyl (C=S) groups is 1. The number of nitriles is 1. The number of rotatable bonds is 8. The summed E-state index contributed by atoms with van der Waals surface area (Å²) >= 11 is 6.61. The summed E-state index contributed by atoms with van der Waals surface area (Å²) < 4.78 is 7.35. The number of ether oxygens (including phenoxy) is 1. The second-order valence-corrected chi connectivity index (χ2v) is 9.53. The normalized spacial score (nSPS) is 17.7. The largest absolute Gasteiger partial charge is 0.481 e. The molecular weight excluding hydrogens is 464 g/mol. The van der Waals surface area contributed by atoms with E-state index in [-0.39, 0.29) is 23.5 Å². The fraction of sp³-hybridized carbons (Fsp3) is 0.500. The molecule has 0 bridgehead atoms. The van der Waals surface area contributed by atoms with Crippen LogP contribution < -0.4 is 10.5 Å². The smallest absolute Gasteiger partial charge is 0.303 e. The third-order valence-electron chi connectivity index (χ3n) is 5.70. The van der Waals surface area contributed by atoms with Crippen molar-refractivity contribution in [1.29, 1.82) is 5.26 Å². The highest BCUT2D eigenvalue weighted by molar-refractivity contribution is 8.26. The SMILES string of the molecule is Cc1c(/C=C2/SC(=S)N(CCCCCC(=O)O)C2=O)c(N2CCOCC2)n(C)c(=O)c1C#N. The lowest BCUT2D eigenvalue weighted by molar-refractivity contribution is -0.137. The van der Waals surface area contributed by atoms with Gasteiger partial charge in [0, 0.05) is 38.7 Å². The maximum atomic E-state index is 13.1. The van der Waals surface area contributed by atoms with Crippen molar-refractivity contribution in [3.05, 3.63) is 31.9 Å². The number of aliphatic carboxylic acids is 1. The quantitative estimate of drug-likeness (QED) is 0.333. The molecule has 1 amide bonds. The molecule has 0 unspecified atom stereocenters. The Kier molecular flexibility index (Phi) is 8.29. The summed E-state index contributed by atoms with van der Waals surface area (Å²) in [7, 11) is 1.63. The molecular formula is C22H26N4O5S2. The van der Waals surface area contributed by atoms with Crippen molar-refractivity contribution >= 4 is 52.1 Å². The Morgan fingerprint density at radius 1 is 1.27 bits per heavy atom. The summed E-state index contributed by atoms with van der Waals surface area (Å²) in [5.74, 6) is -0.398. The number of amides is 1. The molecule has 33 heavy (non-hydrogen) atoms. The molecule has 11 heteroatoms. The molecule has 2 fully saturated rings. The van der Waals surface area contributed by atoms with Crippen molar-refractivity contribution in [2.45, 2.75) is 32.6 Å². The van der Waals surface area contributed by atoms with Crippen LogP contribution in [0.1, 0.15) is 42.4 Å². The second-order valence-electron chi connectivity index (χ2n) is 7.85. The Hall–Kier alpha value is -2.68. The number of nitrogens with zero attached hydrogens (tertiary/aromatic N) is 4. The van der Waals surface area contributed by atoms with Gasteiger partial charge in [0.1, 0.15) is 21.8 Å². The van der Waals surface area contributed by atoms with Crippen LogP contribution in [0.15, 0.2) is 9.70 Å². The Morgan fingerprint density at radius 2 is 1.97 bits per heavy atom. The number of thioether (sulfide) groups is 1. The maximum Gasteiger partial charge on any atom is 0.303 e. The van der Waals surface area contributed by atoms with Gasteiger partial charge in [-0.15, -0.1) is 0 Å². The first-order valence-electron chi connectivity index (χ1n) is 10.7. The van der Waals surface area contributed by atoms with E-state index in [9.17, 15) is 19.6 Å². The highest BCUT2D eigenvalue weighted by Crippen LogP contribution is 2.36. The van der Waals surface area contributed by atoms with Gasteiger partial charge in [0.05, 0.1) is 18.1 Å². The number of morpholine rings is 1. The Labute approximate surface area is 201 Å². The van der Waals surface area contributed by atoms with Gasteiger partial charge in [-0.2, -0.15) is 5.26 Å². The topological polar surface area (TPSA) is 116 Å². The van der Waals surface area contributed by atoms with Gasteiger partial charge in [-0.05, 0) is 31.4 Å². The molecule has 1 aromatic heterocycles. The average Bonchev–Trinajstić information content (AvgIpc) is 3.05. The van der Waals surface area contributed by atoms with Crippen LogP contribution in [0.4, 0.5) is 5.82 Å². The predicted octanol–water partition coefficient (Wildman–Crippen LogP) is 2.25. The van der Waals surface area contributed by atoms with Crippen LogP contribution in [0.25, 0.3) is 6.08 Å². The number of pyridine rings is 1. The molecule has 2 aliphatic rings. The first-order valence-corrected chi connectivity index (χ1v) is 11.9. The number of carboxylic acid groups (broad SMARTS) is 1. The van der Waals surface area contributed by atoms with Crippen LogP contribution in [-0.2, 0) is 21.4 Å². The number of carbonyl (C=O) groups excluding carboxylic acids is 1. The zero-order valence-corrected chi connectivity index (χ0v) is 20.3. The number of unbranched alkanes of at least 4 members (excludes halogenated alkanes) is 2. The predicted molar refractivity (Wildman–Crippen MR) is 130 cm³/mol. The molecule has 9 nitrogen and oxygen atoms in total. The number of anilines is 1. The van der Waals surface area contributed by atoms with E-state index in [0.29, 0.717) is 78.3 Å². The zero-order valence-electron chi connectivity index (χ0n) is 18.6. The van der Waals surface area contributed by atoms with Crippen molar-refractivity contribution in [3.63, 3.8) is 0 Å². The number of aromatic nitrogens is 1. The summed E-state index contributed by atoms with van der Waals surface area (Å²) in [5, 5.41) is 18.3. The second kappa shape index (κ2) is 11.0. The minimum atomic E-state index is -0.830. The monoisotopic (exact) mass is 490 g/mol. The van der Waals surface area contributed by atoms with Gasteiger partial charge in [0.25, 0.3) is 11.5 Å². The van der Waals surface area contributed by atoms with Gasteiger partial charge in [-0.3, -0.25) is 23.9 Å². The Balaban J connectivity index is 1.92. The van der Waals surface area contributed by atoms with E-state index in [1.165, 1.54) is 21.2 Å². The van der Waals surface area contributed by atoms with E-state index in [1.807, 2.05) is 11.0 Å². The van der Waals surface area contributed by atoms with Crippen LogP contribution in [-0.4, -0.2) is 63.6 Å². The minimum absolute atomic E-state index is 0.0506. The number of carbonyl (C=O) groups is 2. The van der Waals surface area contributed by atoms with Gasteiger partial charge in [0.15, 0.2) is 0 Å². The Morgan fingerprint density at radius 3 is 2.61 bits per heavy atom. The molecule has 0 radical (unpaired) electrons. The standard InChI is InChI=1S/C22H26N4O5S2/c1-14-15(19(25-8-10-31-11-9-25)24(2)20(29)16(14)13-23)12-17-21(30)26(22(32)33-17)7-5-3-4-6-18(27)28/h12H,3-11H2,1-2H3,(H,27,28)/b17-12+. The van der Waals surface area contributed by atoms with Crippen LogP contribution in [0.3, 0.4) is 0 Å². The molecule has 0 spiro atoms. The average molecular weight is 491 g/mol. The van der Waals surface area contributed by atoms with E-state index < -0.39 is 5.97 Å². The third kappa shape index (κ3) is 5.46. The molecule has 0 atom stereocenters. The number of hydrogen-bond donors (Lipinski definition) is 1. The van der Waals surface area contributed by atoms with Crippen molar-refractivity contribution in [2.75, 3.05) is 37.7 Å². The van der Waals surface area contributed by atoms with E-state index in [4.69, 9.17) is 22.1 Å². The van der Waals surface area contributed by atoms with E-state index in [0.717, 1.165) is 0 Å². The van der Waals surface area contributed by atoms with Gasteiger partial charge < -0.3 is 14.7 Å². The molecule has 3 rings (SSSR count). The highest BCUT2D eigenvalue weighted by Gasteiger charge is 2.33. The number of carboxylic acids is 1. The fourth-order valence-electron chi connectivity index (χ4n) is 3.92. The van der Waals surface area contributed by atoms with Crippen molar-refractivity contribution in [3.8, 4) is 6.07 Å². The lowest BCUT2D eigenvalue weighted by Gasteiger charge is -2.32. The highest BCUT2D eigenvalue weighted by atomic mass is 32.2. The van der Waals surface area contributed by atoms with Crippen molar-refractivity contribution < 1.29 is 19.4 Å². The molecule has 3 heterocycles. The minimum Gasteiger partial charge on any atom is -0.481 e. The van der Waals surface area contributed by atoms with Crippen LogP contribution >= 0.6 is 24.0 Å². The summed E-state index contributed by atoms with van der Waals surface area (Å²) in [6.07, 6.45) is 3.73. The van der Waals surface area contributed by atoms with Gasteiger partial charge in [-0.1, -0.05) is 30.4 Å². The van der Waals surface area contributed by atoms with Crippen molar-refractivity contribution in [1.82, 2.24) is 9.47 Å². The summed E-state index contributed by atoms with van der Waals surface area (Å²) in [6.45, 7) is 4.38. The number of hydrogen-bond acceptors (Lipinski definition) is 8. The van der Waals surface area contributed by atoms with Gasteiger partial charge >= 0.3 is 5.97 Å². The first-order chi connectivity index (χ1) is 15.8. The maximum absolute atomic E-state index is 13.1. The van der Waals surface area contributed by atoms with Crippen LogP contribution in [0, 0.1) is 18.3 Å². The molecule has 0 aliphatic carbocycles. The zero-order chi connectivity index (χ0) is 24.1. The molecule has 2 aliphatic heterocycles. The van der Waals surface area contributed by atoms with E-state index in [1.54, 1.807) is 20.0 Å². The molecule has 2 saturated heterocycles. The van der Waals surface area contributed by atoms with E-state index >= 15 is 0 Å². The Bertz CT molecular complexity index is 1100. The van der Waals surface area contributed by atoms with Gasteiger partial charge in [-0.25, -0.2) is 0 Å². The first kappa shape index (κ1) is 25.0. The molecule has 1 aromatic rings. The molecule has 0 aromatic carbocycles. The van der Waals surface area contributed by atoms with Crippen LogP contribution in [0.2, 0.25) is 0 Å². The molecule has 176 valence electrons. The van der Waals surface area contributed by atoms with Crippen LogP contribution in [0.5, 0.6) is 0 Å². The summed E-state index contributed by atoms with van der Waals surface area (Å²) in [6, 6.07) is 2.00. The lowest BCUT2D eigenvalue weighted by Crippen LogP contribution is -2.40. The van der Waals surface area contributed by atoms with Gasteiger partial charge in [0.2, 0.25) is 0 Å². The lowest BCUT2D eigenvalue weighted by atomic mass is 10.0. The summed E-state index contributed by atoms with van der Waals surface area (Å²) in [5.41, 5.74) is 0.857.